The maximum atomic E-state index is 13.4. The van der Waals surface area contributed by atoms with Crippen LogP contribution >= 0.6 is 0 Å². The van der Waals surface area contributed by atoms with Gasteiger partial charge in [0.1, 0.15) is 5.56 Å². The van der Waals surface area contributed by atoms with Gasteiger partial charge in [0.05, 0.1) is 11.9 Å². The average molecular weight is 389 g/mol. The SMILES string of the molecule is CCOC(=O)c1noc(C2CC2)c1C(=O)c1ccccc1C(C)S(=O)CC. The number of benzene rings is 1. The first-order valence-electron chi connectivity index (χ1n) is 9.17. The molecule has 0 saturated heterocycles. The third-order valence-corrected chi connectivity index (χ3v) is 6.30. The summed E-state index contributed by atoms with van der Waals surface area (Å²) in [6.07, 6.45) is 1.80. The lowest BCUT2D eigenvalue weighted by Crippen LogP contribution is -2.16. The summed E-state index contributed by atoms with van der Waals surface area (Å²) >= 11 is 0. The van der Waals surface area contributed by atoms with Crippen LogP contribution in [0.1, 0.15) is 82.5 Å². The molecule has 0 amide bonds. The third kappa shape index (κ3) is 3.88. The summed E-state index contributed by atoms with van der Waals surface area (Å²) in [5.74, 6) is 0.0465. The molecule has 144 valence electrons. The van der Waals surface area contributed by atoms with Gasteiger partial charge in [-0.2, -0.15) is 0 Å². The molecule has 27 heavy (non-hydrogen) atoms. The molecule has 1 aromatic heterocycles. The minimum absolute atomic E-state index is 0.0807. The predicted octanol–water partition coefficient (Wildman–Crippen LogP) is 3.79. The van der Waals surface area contributed by atoms with Crippen molar-refractivity contribution in [2.75, 3.05) is 12.4 Å². The smallest absolute Gasteiger partial charge is 0.361 e. The van der Waals surface area contributed by atoms with Crippen molar-refractivity contribution in [3.8, 4) is 0 Å². The van der Waals surface area contributed by atoms with E-state index in [2.05, 4.69) is 5.16 Å². The third-order valence-electron chi connectivity index (χ3n) is 4.68. The number of carbonyl (C=O) groups excluding carboxylic acids is 2. The Kier molecular flexibility index (Phi) is 5.89. The van der Waals surface area contributed by atoms with Gasteiger partial charge in [-0.1, -0.05) is 36.3 Å². The molecule has 1 heterocycles. The van der Waals surface area contributed by atoms with Gasteiger partial charge in [0.25, 0.3) is 0 Å². The second-order valence-electron chi connectivity index (χ2n) is 6.49. The summed E-state index contributed by atoms with van der Waals surface area (Å²) in [7, 11) is -1.10. The number of hydrogen-bond donors (Lipinski definition) is 0. The van der Waals surface area contributed by atoms with Crippen LogP contribution in [0, 0.1) is 0 Å². The average Bonchev–Trinajstić information content (AvgIpc) is 3.44. The number of nitrogens with zero attached hydrogens (tertiary/aromatic N) is 1. The highest BCUT2D eigenvalue weighted by Gasteiger charge is 2.38. The zero-order chi connectivity index (χ0) is 19.6. The lowest BCUT2D eigenvalue weighted by molar-refractivity contribution is 0.0512. The molecule has 0 radical (unpaired) electrons. The lowest BCUT2D eigenvalue weighted by atomic mass is 9.94. The minimum Gasteiger partial charge on any atom is -0.461 e. The van der Waals surface area contributed by atoms with Crippen LogP contribution in [0.5, 0.6) is 0 Å². The fraction of sp³-hybridized carbons (Fsp3) is 0.450. The van der Waals surface area contributed by atoms with Gasteiger partial charge in [0.2, 0.25) is 5.69 Å². The Morgan fingerprint density at radius 3 is 2.63 bits per heavy atom. The highest BCUT2D eigenvalue weighted by Crippen LogP contribution is 2.43. The standard InChI is InChI=1S/C20H23NO5S/c1-4-25-20(23)17-16(19(26-21-17)13-10-11-13)18(22)15-9-7-6-8-14(15)12(3)27(24)5-2/h6-9,12-13H,4-5,10-11H2,1-3H3. The topological polar surface area (TPSA) is 86.5 Å². The fourth-order valence-electron chi connectivity index (χ4n) is 3.07. The Balaban J connectivity index is 2.08. The molecule has 0 spiro atoms. The van der Waals surface area contributed by atoms with Gasteiger partial charge in [-0.05, 0) is 32.3 Å². The molecule has 1 aliphatic carbocycles. The summed E-state index contributed by atoms with van der Waals surface area (Å²) in [5, 5.41) is 3.54. The van der Waals surface area contributed by atoms with Gasteiger partial charge < -0.3 is 9.26 Å². The number of ketones is 1. The van der Waals surface area contributed by atoms with E-state index in [4.69, 9.17) is 9.26 Å². The largest absolute Gasteiger partial charge is 0.461 e. The van der Waals surface area contributed by atoms with E-state index >= 15 is 0 Å². The molecule has 7 heteroatoms. The van der Waals surface area contributed by atoms with Gasteiger partial charge in [-0.25, -0.2) is 4.79 Å². The van der Waals surface area contributed by atoms with Gasteiger partial charge >= 0.3 is 5.97 Å². The highest BCUT2D eigenvalue weighted by molar-refractivity contribution is 7.85. The molecule has 2 aromatic rings. The van der Waals surface area contributed by atoms with E-state index in [-0.39, 0.29) is 34.8 Å². The Morgan fingerprint density at radius 1 is 1.30 bits per heavy atom. The van der Waals surface area contributed by atoms with Gasteiger partial charge in [-0.3, -0.25) is 9.00 Å². The minimum atomic E-state index is -1.10. The maximum absolute atomic E-state index is 13.4. The summed E-state index contributed by atoms with van der Waals surface area (Å²) in [5.41, 5.74) is 1.21. The predicted molar refractivity (Wildman–Crippen MR) is 101 cm³/mol. The molecule has 1 aromatic carbocycles. The Morgan fingerprint density at radius 2 is 2.00 bits per heavy atom. The van der Waals surface area contributed by atoms with E-state index in [9.17, 15) is 13.8 Å². The van der Waals surface area contributed by atoms with Crippen LogP contribution in [0.4, 0.5) is 0 Å². The zero-order valence-corrected chi connectivity index (χ0v) is 16.5. The molecule has 3 rings (SSSR count). The molecule has 6 nitrogen and oxygen atoms in total. The van der Waals surface area contributed by atoms with Crippen LogP contribution in [0.2, 0.25) is 0 Å². The molecular formula is C20H23NO5S. The first kappa shape index (κ1) is 19.5. The lowest BCUT2D eigenvalue weighted by Gasteiger charge is -2.15. The molecule has 1 fully saturated rings. The number of rotatable bonds is 8. The molecule has 2 atom stereocenters. The molecule has 0 aliphatic heterocycles. The first-order valence-corrected chi connectivity index (χ1v) is 10.5. The number of carbonyl (C=O) groups is 2. The van der Waals surface area contributed by atoms with E-state index in [0.29, 0.717) is 22.6 Å². The van der Waals surface area contributed by atoms with E-state index in [1.54, 1.807) is 25.1 Å². The normalized spacial score (nSPS) is 16.0. The highest BCUT2D eigenvalue weighted by atomic mass is 32.2. The van der Waals surface area contributed by atoms with Crippen molar-refractivity contribution in [1.82, 2.24) is 5.16 Å². The van der Waals surface area contributed by atoms with Crippen molar-refractivity contribution in [3.05, 3.63) is 52.4 Å². The second kappa shape index (κ2) is 8.17. The van der Waals surface area contributed by atoms with E-state index < -0.39 is 16.8 Å². The zero-order valence-electron chi connectivity index (χ0n) is 15.7. The number of hydrogen-bond acceptors (Lipinski definition) is 6. The van der Waals surface area contributed by atoms with Crippen molar-refractivity contribution in [2.24, 2.45) is 0 Å². The monoisotopic (exact) mass is 389 g/mol. The molecule has 1 saturated carbocycles. The van der Waals surface area contributed by atoms with Crippen LogP contribution in [-0.4, -0.2) is 33.5 Å². The van der Waals surface area contributed by atoms with Crippen molar-refractivity contribution in [3.63, 3.8) is 0 Å². The van der Waals surface area contributed by atoms with E-state index in [1.165, 1.54) is 0 Å². The van der Waals surface area contributed by atoms with E-state index in [1.807, 2.05) is 19.9 Å². The summed E-state index contributed by atoms with van der Waals surface area (Å²) in [6, 6.07) is 7.07. The Bertz CT molecular complexity index is 884. The van der Waals surface area contributed by atoms with Crippen molar-refractivity contribution in [1.29, 1.82) is 0 Å². The van der Waals surface area contributed by atoms with Crippen molar-refractivity contribution < 1.29 is 23.1 Å². The summed E-state index contributed by atoms with van der Waals surface area (Å²) in [4.78, 5) is 25.7. The summed E-state index contributed by atoms with van der Waals surface area (Å²) < 4.78 is 22.7. The summed E-state index contributed by atoms with van der Waals surface area (Å²) in [6.45, 7) is 5.56. The van der Waals surface area contributed by atoms with Crippen LogP contribution in [0.15, 0.2) is 28.8 Å². The van der Waals surface area contributed by atoms with E-state index in [0.717, 1.165) is 12.8 Å². The number of aromatic nitrogens is 1. The van der Waals surface area contributed by atoms with Gasteiger partial charge in [0.15, 0.2) is 11.5 Å². The van der Waals surface area contributed by atoms with Crippen LogP contribution in [-0.2, 0) is 15.5 Å². The van der Waals surface area contributed by atoms with Gasteiger partial charge in [0, 0.05) is 28.0 Å². The molecular weight excluding hydrogens is 366 g/mol. The van der Waals surface area contributed by atoms with Crippen LogP contribution in [0.25, 0.3) is 0 Å². The van der Waals surface area contributed by atoms with Crippen LogP contribution < -0.4 is 0 Å². The number of ether oxygens (including phenoxy) is 1. The quantitative estimate of drug-likeness (QED) is 0.504. The molecule has 0 N–H and O–H groups in total. The maximum Gasteiger partial charge on any atom is 0.361 e. The fourth-order valence-corrected chi connectivity index (χ4v) is 4.06. The Hall–Kier alpha value is -2.28. The van der Waals surface area contributed by atoms with Crippen molar-refractivity contribution in [2.45, 2.75) is 44.8 Å². The first-order chi connectivity index (χ1) is 13.0. The van der Waals surface area contributed by atoms with Crippen LogP contribution in [0.3, 0.4) is 0 Å². The Labute approximate surface area is 160 Å². The molecule has 1 aliphatic rings. The van der Waals surface area contributed by atoms with Crippen molar-refractivity contribution >= 4 is 22.6 Å². The molecule has 2 unspecified atom stereocenters. The number of esters is 1. The molecule has 0 bridgehead atoms. The van der Waals surface area contributed by atoms with Gasteiger partial charge in [-0.15, -0.1) is 0 Å². The second-order valence-corrected chi connectivity index (χ2v) is 8.54.